The summed E-state index contributed by atoms with van der Waals surface area (Å²) >= 11 is 0. The van der Waals surface area contributed by atoms with Crippen molar-refractivity contribution in [3.05, 3.63) is 157 Å². The lowest BCUT2D eigenvalue weighted by atomic mass is 9.37. The lowest BCUT2D eigenvalue weighted by Gasteiger charge is -2.15. The number of carbonyl (C=O) groups is 2. The molecule has 174 valence electrons. The average Bonchev–Trinajstić information content (AvgIpc) is 3.25. The predicted molar refractivity (Wildman–Crippen MR) is 146 cm³/mol. The Morgan fingerprint density at radius 2 is 0.778 bits per heavy atom. The van der Waals surface area contributed by atoms with Gasteiger partial charge >= 0.3 is 0 Å². The number of nitrogens with zero attached hydrogens (tertiary/aromatic N) is 1. The summed E-state index contributed by atoms with van der Waals surface area (Å²) in [7, 11) is 0. The standard InChI is InChI=1S/C18H15B.C8H5NO2.C5H5N/c1-4-10-16(11-5-1)19(17-12-6-2-7-13-17)18-14-8-3-9-15-18;10-7-5-3-1-2-4-6(5)8(11)9-7;1-2-4-6-5-3-1/h1-15H;1-4H,(H,9,10,11);1-5H. The third kappa shape index (κ3) is 6.42. The number of fused-ring (bicyclic) bond motifs is 1. The van der Waals surface area contributed by atoms with E-state index < -0.39 is 0 Å². The number of hydrogen-bond donors (Lipinski definition) is 1. The third-order valence-corrected chi connectivity index (χ3v) is 5.61. The van der Waals surface area contributed by atoms with E-state index in [-0.39, 0.29) is 11.8 Å². The Labute approximate surface area is 211 Å². The highest BCUT2D eigenvalue weighted by molar-refractivity contribution is 6.95. The molecule has 0 bridgehead atoms. The van der Waals surface area contributed by atoms with E-state index in [1.807, 2.05) is 18.2 Å². The molecule has 2 heterocycles. The molecule has 0 saturated heterocycles. The fourth-order valence-electron chi connectivity index (χ4n) is 3.94. The number of pyridine rings is 1. The van der Waals surface area contributed by atoms with E-state index in [4.69, 9.17) is 0 Å². The molecule has 1 aromatic heterocycles. The van der Waals surface area contributed by atoms with Crippen LogP contribution in [0.4, 0.5) is 0 Å². The third-order valence-electron chi connectivity index (χ3n) is 5.61. The van der Waals surface area contributed by atoms with Gasteiger partial charge in [0.2, 0.25) is 6.71 Å². The van der Waals surface area contributed by atoms with Crippen molar-refractivity contribution >= 4 is 34.9 Å². The molecule has 0 aliphatic carbocycles. The number of benzene rings is 4. The molecule has 36 heavy (non-hydrogen) atoms. The Morgan fingerprint density at radius 3 is 1.08 bits per heavy atom. The van der Waals surface area contributed by atoms with Gasteiger partial charge < -0.3 is 0 Å². The van der Waals surface area contributed by atoms with Gasteiger partial charge in [-0.25, -0.2) is 0 Å². The summed E-state index contributed by atoms with van der Waals surface area (Å²) in [6, 6.07) is 44.5. The number of amides is 2. The first kappa shape index (κ1) is 24.4. The molecule has 5 heteroatoms. The summed E-state index contributed by atoms with van der Waals surface area (Å²) in [4.78, 5) is 25.7. The summed E-state index contributed by atoms with van der Waals surface area (Å²) < 4.78 is 0. The molecule has 0 saturated carbocycles. The Bertz CT molecular complexity index is 1230. The predicted octanol–water partition coefficient (Wildman–Crippen LogP) is 3.85. The van der Waals surface area contributed by atoms with Crippen molar-refractivity contribution in [2.24, 2.45) is 0 Å². The van der Waals surface area contributed by atoms with Gasteiger partial charge in [0.25, 0.3) is 11.8 Å². The molecule has 4 aromatic carbocycles. The van der Waals surface area contributed by atoms with E-state index in [1.165, 1.54) is 16.4 Å². The molecule has 1 N–H and O–H groups in total. The van der Waals surface area contributed by atoms with Gasteiger partial charge in [-0.3, -0.25) is 19.9 Å². The summed E-state index contributed by atoms with van der Waals surface area (Å²) in [5, 5.41) is 2.20. The topological polar surface area (TPSA) is 59.1 Å². The van der Waals surface area contributed by atoms with Gasteiger partial charge in [-0.15, -0.1) is 0 Å². The van der Waals surface area contributed by atoms with Gasteiger partial charge in [0.05, 0.1) is 11.1 Å². The maximum Gasteiger partial charge on any atom is 0.258 e. The van der Waals surface area contributed by atoms with Crippen LogP contribution in [-0.4, -0.2) is 23.5 Å². The highest BCUT2D eigenvalue weighted by Crippen LogP contribution is 2.13. The van der Waals surface area contributed by atoms with Gasteiger partial charge in [-0.2, -0.15) is 0 Å². The van der Waals surface area contributed by atoms with Crippen LogP contribution < -0.4 is 21.7 Å². The minimum Gasteiger partial charge on any atom is -0.288 e. The maximum absolute atomic E-state index is 10.9. The van der Waals surface area contributed by atoms with Crippen molar-refractivity contribution in [3.8, 4) is 0 Å². The second kappa shape index (κ2) is 12.6. The molecule has 0 fully saturated rings. The summed E-state index contributed by atoms with van der Waals surface area (Å²) in [6.45, 7) is 0.309. The number of rotatable bonds is 3. The van der Waals surface area contributed by atoms with Gasteiger partial charge in [0, 0.05) is 12.4 Å². The quantitative estimate of drug-likeness (QED) is 0.323. The highest BCUT2D eigenvalue weighted by Gasteiger charge is 2.25. The zero-order valence-electron chi connectivity index (χ0n) is 19.7. The van der Waals surface area contributed by atoms with Crippen molar-refractivity contribution in [3.63, 3.8) is 0 Å². The van der Waals surface area contributed by atoms with Crippen LogP contribution in [0.5, 0.6) is 0 Å². The van der Waals surface area contributed by atoms with Crippen LogP contribution in [0.15, 0.2) is 146 Å². The van der Waals surface area contributed by atoms with E-state index in [1.54, 1.807) is 36.7 Å². The molecule has 1 aliphatic heterocycles. The molecule has 0 radical (unpaired) electrons. The second-order valence-corrected chi connectivity index (χ2v) is 8.02. The Balaban J connectivity index is 0.000000149. The smallest absolute Gasteiger partial charge is 0.258 e. The largest absolute Gasteiger partial charge is 0.288 e. The van der Waals surface area contributed by atoms with Crippen molar-refractivity contribution in [1.29, 1.82) is 0 Å². The van der Waals surface area contributed by atoms with E-state index in [9.17, 15) is 9.59 Å². The minimum absolute atomic E-state index is 0.300. The van der Waals surface area contributed by atoms with Crippen molar-refractivity contribution in [1.82, 2.24) is 10.3 Å². The highest BCUT2D eigenvalue weighted by atomic mass is 16.2. The molecule has 6 rings (SSSR count). The van der Waals surface area contributed by atoms with Crippen LogP contribution in [0.25, 0.3) is 0 Å². The molecule has 2 amide bonds. The van der Waals surface area contributed by atoms with E-state index in [0.29, 0.717) is 17.8 Å². The zero-order valence-corrected chi connectivity index (χ0v) is 19.7. The number of carbonyl (C=O) groups excluding carboxylic acids is 2. The van der Waals surface area contributed by atoms with Crippen LogP contribution in [0, 0.1) is 0 Å². The minimum atomic E-state index is -0.300. The Hall–Kier alpha value is -4.77. The molecule has 5 aromatic rings. The monoisotopic (exact) mass is 468 g/mol. The van der Waals surface area contributed by atoms with Gasteiger partial charge in [-0.1, -0.05) is 126 Å². The molecule has 0 spiro atoms. The molecule has 0 atom stereocenters. The number of aromatic nitrogens is 1. The zero-order chi connectivity index (χ0) is 25.0. The number of hydrogen-bond acceptors (Lipinski definition) is 3. The van der Waals surface area contributed by atoms with E-state index >= 15 is 0 Å². The van der Waals surface area contributed by atoms with Crippen molar-refractivity contribution in [2.45, 2.75) is 0 Å². The first-order valence-corrected chi connectivity index (χ1v) is 11.7. The van der Waals surface area contributed by atoms with Gasteiger partial charge in [-0.05, 0) is 24.3 Å². The van der Waals surface area contributed by atoms with Gasteiger partial charge in [0.1, 0.15) is 0 Å². The normalized spacial score (nSPS) is 11.1. The lowest BCUT2D eigenvalue weighted by molar-refractivity contribution is 0.0879. The van der Waals surface area contributed by atoms with E-state index in [2.05, 4.69) is 101 Å². The number of imide groups is 1. The SMILES string of the molecule is O=C1NC(=O)c2ccccc21.c1ccc(B(c2ccccc2)c2ccccc2)cc1.c1ccncc1. The Kier molecular flexibility index (Phi) is 8.55. The Morgan fingerprint density at radius 1 is 0.444 bits per heavy atom. The first-order valence-electron chi connectivity index (χ1n) is 11.7. The summed E-state index contributed by atoms with van der Waals surface area (Å²) in [6.07, 6.45) is 3.50. The summed E-state index contributed by atoms with van der Waals surface area (Å²) in [5.41, 5.74) is 4.94. The molecular formula is C31H25BN2O2. The van der Waals surface area contributed by atoms with Gasteiger partial charge in [0.15, 0.2) is 0 Å². The van der Waals surface area contributed by atoms with Crippen LogP contribution in [-0.2, 0) is 0 Å². The van der Waals surface area contributed by atoms with Crippen LogP contribution in [0.3, 0.4) is 0 Å². The molecule has 1 aliphatic rings. The lowest BCUT2D eigenvalue weighted by Crippen LogP contribution is -2.51. The molecule has 4 nitrogen and oxygen atoms in total. The average molecular weight is 468 g/mol. The summed E-state index contributed by atoms with van der Waals surface area (Å²) in [5.74, 6) is -0.601. The van der Waals surface area contributed by atoms with Crippen LogP contribution in [0.1, 0.15) is 20.7 Å². The van der Waals surface area contributed by atoms with Crippen LogP contribution >= 0.6 is 0 Å². The van der Waals surface area contributed by atoms with Crippen molar-refractivity contribution in [2.75, 3.05) is 0 Å². The molecule has 0 unspecified atom stereocenters. The fraction of sp³-hybridized carbons (Fsp3) is 0. The van der Waals surface area contributed by atoms with E-state index in [0.717, 1.165) is 0 Å². The van der Waals surface area contributed by atoms with Crippen molar-refractivity contribution < 1.29 is 9.59 Å². The number of nitrogens with one attached hydrogen (secondary N) is 1. The maximum atomic E-state index is 10.9. The van der Waals surface area contributed by atoms with Crippen LogP contribution in [0.2, 0.25) is 0 Å². The second-order valence-electron chi connectivity index (χ2n) is 8.02. The fourth-order valence-corrected chi connectivity index (χ4v) is 3.94. The first-order chi connectivity index (χ1) is 17.7. The molecular weight excluding hydrogens is 443 g/mol.